The molecule has 230 valence electrons. The van der Waals surface area contributed by atoms with Crippen molar-refractivity contribution in [2.75, 3.05) is 12.3 Å². The normalized spacial score (nSPS) is 38.4. The molecule has 9 atom stereocenters. The number of aliphatic hydroxyl groups is 1. The minimum atomic E-state index is -0.684. The lowest BCUT2D eigenvalue weighted by molar-refractivity contribution is -0.205. The Morgan fingerprint density at radius 2 is 1.90 bits per heavy atom. The molecule has 0 saturated heterocycles. The minimum absolute atomic E-state index is 0. The predicted molar refractivity (Wildman–Crippen MR) is 164 cm³/mol. The molecule has 0 aliphatic heterocycles. The van der Waals surface area contributed by atoms with Crippen LogP contribution >= 0.6 is 24.2 Å². The summed E-state index contributed by atoms with van der Waals surface area (Å²) in [4.78, 5) is 39.2. The largest absolute Gasteiger partial charge is 0.461 e. The van der Waals surface area contributed by atoms with Crippen LogP contribution in [-0.4, -0.2) is 58.1 Å². The Bertz CT molecular complexity index is 975. The summed E-state index contributed by atoms with van der Waals surface area (Å²) in [5.41, 5.74) is 4.49. The van der Waals surface area contributed by atoms with Crippen molar-refractivity contribution in [1.29, 1.82) is 0 Å². The molecule has 2 bridgehead atoms. The van der Waals surface area contributed by atoms with Gasteiger partial charge in [-0.2, -0.15) is 0 Å². The van der Waals surface area contributed by atoms with Gasteiger partial charge in [-0.15, -0.1) is 30.7 Å². The van der Waals surface area contributed by atoms with E-state index in [-0.39, 0.29) is 64.9 Å². The van der Waals surface area contributed by atoms with Crippen LogP contribution in [0, 0.1) is 39.9 Å². The van der Waals surface area contributed by atoms with E-state index in [0.717, 1.165) is 19.3 Å². The average Bonchev–Trinajstić information content (AvgIpc) is 3.24. The summed E-state index contributed by atoms with van der Waals surface area (Å²) in [6.45, 7) is 20.7. The molecule has 7 nitrogen and oxygen atoms in total. The maximum atomic E-state index is 13.5. The maximum absolute atomic E-state index is 13.5. The fourth-order valence-corrected chi connectivity index (χ4v) is 8.47. The third-order valence-corrected chi connectivity index (χ3v) is 12.2. The summed E-state index contributed by atoms with van der Waals surface area (Å²) >= 11 is 1.43. The Morgan fingerprint density at radius 3 is 2.48 bits per heavy atom. The number of rotatable bonds is 9. The second-order valence-corrected chi connectivity index (χ2v) is 15.8. The van der Waals surface area contributed by atoms with E-state index in [1.54, 1.807) is 0 Å². The van der Waals surface area contributed by atoms with Crippen molar-refractivity contribution in [2.45, 2.75) is 110 Å². The van der Waals surface area contributed by atoms with Gasteiger partial charge in [0.2, 0.25) is 5.91 Å². The SMILES string of the molecule is C=CC1(C)CC(OC(=O)CSC(C)(C)CNC(=O)C(N)C(C)C)C2(C)C(C)CCC3(CCC(=O)C32)C(C)C1O.Cl. The summed E-state index contributed by atoms with van der Waals surface area (Å²) in [6.07, 6.45) is 4.17. The Kier molecular flexibility index (Phi) is 11.1. The zero-order valence-electron chi connectivity index (χ0n) is 25.7. The minimum Gasteiger partial charge on any atom is -0.461 e. The molecule has 3 fully saturated rings. The van der Waals surface area contributed by atoms with Gasteiger partial charge >= 0.3 is 5.97 Å². The zero-order chi connectivity index (χ0) is 29.6. The number of Topliss-reactive ketones (excluding diaryl/α,β-unsaturated/α-hetero) is 1. The molecule has 40 heavy (non-hydrogen) atoms. The lowest BCUT2D eigenvalue weighted by Crippen LogP contribution is -2.63. The van der Waals surface area contributed by atoms with E-state index >= 15 is 0 Å². The molecule has 3 aliphatic rings. The van der Waals surface area contributed by atoms with Crippen molar-refractivity contribution in [2.24, 2.45) is 45.7 Å². The van der Waals surface area contributed by atoms with Crippen LogP contribution in [0.5, 0.6) is 0 Å². The van der Waals surface area contributed by atoms with Gasteiger partial charge in [-0.05, 0) is 62.7 Å². The standard InChI is InChI=1S/C31H52N2O5S.ClH/c1-10-29(8)15-22(38-23(35)16-39-28(6,7)17-33-27(37)24(32)18(2)3)30(9)19(4)11-13-31(20(5)26(29)36)14-12-21(34)25(30)31;/h10,18-20,22,24-26,36H,1,11-17,32H2,2-9H3,(H,33,37);1H. The van der Waals surface area contributed by atoms with Gasteiger partial charge in [-0.1, -0.05) is 47.6 Å². The molecule has 3 rings (SSSR count). The molecule has 0 heterocycles. The van der Waals surface area contributed by atoms with Gasteiger partial charge in [-0.3, -0.25) is 14.4 Å². The number of esters is 1. The first-order chi connectivity index (χ1) is 17.9. The Balaban J connectivity index is 0.00000560. The van der Waals surface area contributed by atoms with E-state index in [4.69, 9.17) is 10.5 Å². The zero-order valence-corrected chi connectivity index (χ0v) is 27.4. The third kappa shape index (κ3) is 6.30. The van der Waals surface area contributed by atoms with Crippen LogP contribution in [0.3, 0.4) is 0 Å². The summed E-state index contributed by atoms with van der Waals surface area (Å²) in [6, 6.07) is -0.573. The number of halogens is 1. The van der Waals surface area contributed by atoms with Gasteiger partial charge in [0, 0.05) is 34.5 Å². The Labute approximate surface area is 252 Å². The second kappa shape index (κ2) is 12.6. The molecule has 0 radical (unpaired) electrons. The third-order valence-electron chi connectivity index (χ3n) is 10.9. The van der Waals surface area contributed by atoms with Crippen LogP contribution < -0.4 is 11.1 Å². The van der Waals surface area contributed by atoms with E-state index < -0.39 is 33.8 Å². The second-order valence-electron chi connectivity index (χ2n) is 14.1. The number of hydrogen-bond acceptors (Lipinski definition) is 7. The monoisotopic (exact) mass is 600 g/mol. The highest BCUT2D eigenvalue weighted by molar-refractivity contribution is 8.01. The molecular formula is C31H53ClN2O5S. The van der Waals surface area contributed by atoms with Crippen LogP contribution in [0.2, 0.25) is 0 Å². The molecule has 0 aromatic heterocycles. The topological polar surface area (TPSA) is 119 Å². The van der Waals surface area contributed by atoms with Crippen molar-refractivity contribution in [1.82, 2.24) is 5.32 Å². The molecule has 3 saturated carbocycles. The first-order valence-corrected chi connectivity index (χ1v) is 15.6. The quantitative estimate of drug-likeness (QED) is 0.254. The highest BCUT2D eigenvalue weighted by atomic mass is 35.5. The van der Waals surface area contributed by atoms with E-state index in [1.165, 1.54) is 11.8 Å². The molecular weight excluding hydrogens is 548 g/mol. The molecule has 4 N–H and O–H groups in total. The van der Waals surface area contributed by atoms with Crippen molar-refractivity contribution >= 4 is 41.8 Å². The smallest absolute Gasteiger partial charge is 0.316 e. The molecule has 1 amide bonds. The van der Waals surface area contributed by atoms with Gasteiger partial charge in [-0.25, -0.2) is 0 Å². The van der Waals surface area contributed by atoms with Crippen molar-refractivity contribution in [3.05, 3.63) is 12.7 Å². The number of carbonyl (C=O) groups excluding carboxylic acids is 3. The number of thioether (sulfide) groups is 1. The van der Waals surface area contributed by atoms with E-state index in [0.29, 0.717) is 19.4 Å². The molecule has 0 aromatic rings. The lowest BCUT2D eigenvalue weighted by Gasteiger charge is -2.61. The number of nitrogens with one attached hydrogen (secondary N) is 1. The maximum Gasteiger partial charge on any atom is 0.316 e. The van der Waals surface area contributed by atoms with Crippen LogP contribution in [0.15, 0.2) is 12.7 Å². The van der Waals surface area contributed by atoms with Crippen LogP contribution in [0.4, 0.5) is 0 Å². The number of hydrogen-bond donors (Lipinski definition) is 3. The lowest BCUT2D eigenvalue weighted by atomic mass is 9.44. The number of nitrogens with two attached hydrogens (primary N) is 1. The fourth-order valence-electron chi connectivity index (χ4n) is 7.72. The van der Waals surface area contributed by atoms with Gasteiger partial charge < -0.3 is 20.9 Å². The summed E-state index contributed by atoms with van der Waals surface area (Å²) < 4.78 is 5.92. The van der Waals surface area contributed by atoms with Crippen molar-refractivity contribution < 1.29 is 24.2 Å². The molecule has 0 spiro atoms. The van der Waals surface area contributed by atoms with E-state index in [9.17, 15) is 19.5 Å². The van der Waals surface area contributed by atoms with Crippen molar-refractivity contribution in [3.63, 3.8) is 0 Å². The van der Waals surface area contributed by atoms with Crippen LogP contribution in [0.1, 0.15) is 87.5 Å². The fraction of sp³-hybridized carbons (Fsp3) is 0.839. The van der Waals surface area contributed by atoms with Gasteiger partial charge in [0.1, 0.15) is 11.9 Å². The number of amides is 1. The van der Waals surface area contributed by atoms with Gasteiger partial charge in [0.05, 0.1) is 17.9 Å². The molecule has 0 aromatic carbocycles. The molecule has 3 aliphatic carbocycles. The van der Waals surface area contributed by atoms with E-state index in [1.807, 2.05) is 40.7 Å². The Morgan fingerprint density at radius 1 is 1.27 bits per heavy atom. The first-order valence-electron chi connectivity index (χ1n) is 14.7. The highest BCUT2D eigenvalue weighted by Crippen LogP contribution is 2.68. The first kappa shape index (κ1) is 35.1. The summed E-state index contributed by atoms with van der Waals surface area (Å²) in [5.74, 6) is -0.243. The number of aliphatic hydroxyl groups excluding tert-OH is 1. The van der Waals surface area contributed by atoms with Crippen molar-refractivity contribution in [3.8, 4) is 0 Å². The number of ether oxygens (including phenoxy) is 1. The van der Waals surface area contributed by atoms with E-state index in [2.05, 4.69) is 32.7 Å². The number of ketones is 1. The van der Waals surface area contributed by atoms with Gasteiger partial charge in [0.15, 0.2) is 0 Å². The summed E-state index contributed by atoms with van der Waals surface area (Å²) in [7, 11) is 0. The predicted octanol–water partition coefficient (Wildman–Crippen LogP) is 4.93. The molecule has 9 unspecified atom stereocenters. The summed E-state index contributed by atoms with van der Waals surface area (Å²) in [5, 5.41) is 14.6. The van der Waals surface area contributed by atoms with Crippen LogP contribution in [0.25, 0.3) is 0 Å². The Hall–Kier alpha value is -1.09. The van der Waals surface area contributed by atoms with Gasteiger partial charge in [0.25, 0.3) is 0 Å². The van der Waals surface area contributed by atoms with Crippen LogP contribution in [-0.2, 0) is 19.1 Å². The highest BCUT2D eigenvalue weighted by Gasteiger charge is 2.68. The average molecular weight is 601 g/mol. The number of carbonyl (C=O) groups is 3. The molecule has 9 heteroatoms.